The fourth-order valence-corrected chi connectivity index (χ4v) is 8.28. The van der Waals surface area contributed by atoms with E-state index >= 15 is 4.39 Å². The van der Waals surface area contributed by atoms with E-state index in [9.17, 15) is 22.8 Å². The molecule has 2 aromatic heterocycles. The van der Waals surface area contributed by atoms with Gasteiger partial charge in [0.05, 0.1) is 18.9 Å². The Balaban J connectivity index is 0.923. The number of carbonyl (C=O) groups is 3. The molecule has 7 rings (SSSR count). The third-order valence-corrected chi connectivity index (χ3v) is 11.8. The number of allylic oxidation sites excluding steroid dienone is 2. The Bertz CT molecular complexity index is 2150. The number of primary amides is 1. The lowest BCUT2D eigenvalue weighted by Crippen LogP contribution is -2.43. The largest absolute Gasteiger partial charge is 0.497 e. The van der Waals surface area contributed by atoms with Crippen LogP contribution in [0.2, 0.25) is 0 Å². The van der Waals surface area contributed by atoms with Gasteiger partial charge in [-0.05, 0) is 68.7 Å². The molecule has 3 heterocycles. The Morgan fingerprint density at radius 3 is 2.65 bits per heavy atom. The summed E-state index contributed by atoms with van der Waals surface area (Å²) in [6, 6.07) is 9.02. The predicted molar refractivity (Wildman–Crippen MR) is 188 cm³/mol. The summed E-state index contributed by atoms with van der Waals surface area (Å²) in [4.78, 5) is 44.1. The number of nitrogens with two attached hydrogens (primary N) is 1. The number of ether oxygens (including phenoxy) is 2. The van der Waals surface area contributed by atoms with E-state index in [0.717, 1.165) is 25.7 Å². The second-order valence-electron chi connectivity index (χ2n) is 13.8. The minimum Gasteiger partial charge on any atom is -0.497 e. The van der Waals surface area contributed by atoms with Gasteiger partial charge >= 0.3 is 0 Å². The van der Waals surface area contributed by atoms with Crippen LogP contribution in [0.25, 0.3) is 33.0 Å². The van der Waals surface area contributed by atoms with E-state index < -0.39 is 45.1 Å². The van der Waals surface area contributed by atoms with Gasteiger partial charge in [0.2, 0.25) is 27.7 Å². The highest BCUT2D eigenvalue weighted by Crippen LogP contribution is 2.42. The Kier molecular flexibility index (Phi) is 9.62. The number of benzene rings is 2. The Morgan fingerprint density at radius 1 is 1.08 bits per heavy atom. The summed E-state index contributed by atoms with van der Waals surface area (Å²) >= 11 is 0. The van der Waals surface area contributed by atoms with Crippen LogP contribution in [-0.4, -0.2) is 67.1 Å². The van der Waals surface area contributed by atoms with Crippen LogP contribution in [0.15, 0.2) is 53.0 Å². The summed E-state index contributed by atoms with van der Waals surface area (Å²) in [5.41, 5.74) is 7.10. The number of unbranched alkanes of at least 4 members (excludes halogenated alkanes) is 4. The zero-order chi connectivity index (χ0) is 35.9. The molecule has 3 aliphatic rings. The number of nitrogens with one attached hydrogen (secondary N) is 1. The van der Waals surface area contributed by atoms with Crippen molar-refractivity contribution in [3.05, 3.63) is 54.4 Å². The molecule has 4 atom stereocenters. The van der Waals surface area contributed by atoms with Gasteiger partial charge in [0.25, 0.3) is 0 Å². The molecule has 2 saturated carbocycles. The molecule has 12 nitrogen and oxygen atoms in total. The van der Waals surface area contributed by atoms with Crippen molar-refractivity contribution in [2.75, 3.05) is 13.7 Å². The number of carbonyl (C=O) groups excluding carboxylic acids is 3. The Hall–Kier alpha value is -4.72. The lowest BCUT2D eigenvalue weighted by Gasteiger charge is -2.22. The summed E-state index contributed by atoms with van der Waals surface area (Å²) in [6.45, 7) is 0.138. The maximum atomic E-state index is 15.0. The van der Waals surface area contributed by atoms with Crippen molar-refractivity contribution < 1.29 is 41.1 Å². The van der Waals surface area contributed by atoms with E-state index in [1.807, 2.05) is 12.2 Å². The average Bonchev–Trinajstić information content (AvgIpc) is 4.03. The highest BCUT2D eigenvalue weighted by atomic mass is 32.2. The first-order chi connectivity index (χ1) is 24.5. The minimum atomic E-state index is -3.51. The number of aromatic nitrogens is 1. The topological polar surface area (TPSA) is 171 Å². The molecule has 270 valence electrons. The van der Waals surface area contributed by atoms with Crippen LogP contribution in [0.1, 0.15) is 64.2 Å². The smallest absolute Gasteiger partial charge is 0.240 e. The molecule has 14 heteroatoms. The molecule has 51 heavy (non-hydrogen) atoms. The lowest BCUT2D eigenvalue weighted by molar-refractivity contribution is -0.137. The standard InChI is InChI=1S/C37H41FN4O8S/c1-48-22-13-16-25-30(19-22)50-35-33(25)40-32-26(10-8-11-28(32)38)34(35)49-23-18-29(36(39)44)42(20-23)31(43)12-7-5-3-2-4-6-9-21-17-27(21)37(45)41-51(46,47)24-14-15-24/h6,8-11,13,16,19,21,23-24,27,29H,2-5,7,12,14-15,17-18,20H2,1H3,(H2,39,44)(H,41,45)/b9-6-/t21-,23-,27+,29+/m1/s1. The van der Waals surface area contributed by atoms with E-state index in [1.165, 1.54) is 11.0 Å². The summed E-state index contributed by atoms with van der Waals surface area (Å²) < 4.78 is 59.2. The third-order valence-electron chi connectivity index (χ3n) is 10.0. The molecule has 2 aliphatic carbocycles. The van der Waals surface area contributed by atoms with Crippen molar-refractivity contribution in [3.63, 3.8) is 0 Å². The van der Waals surface area contributed by atoms with Crippen molar-refractivity contribution >= 4 is 60.7 Å². The SMILES string of the molecule is COc1ccc2c(c1)oc1c(O[C@@H]3C[C@@H](C(N)=O)N(C(=O)CCCCCC/C=C\[C@@H]4C[C@@H]4C(=O)NS(=O)(=O)C4CC4)C3)c3cccc(F)c3nc12. The summed E-state index contributed by atoms with van der Waals surface area (Å²) in [5.74, 6) is -1.05. The summed E-state index contributed by atoms with van der Waals surface area (Å²) in [6.07, 6.45) is 9.89. The maximum absolute atomic E-state index is 15.0. The number of likely N-dealkylation sites (tertiary alicyclic amines) is 1. The van der Waals surface area contributed by atoms with Crippen LogP contribution in [0, 0.1) is 17.7 Å². The van der Waals surface area contributed by atoms with Crippen LogP contribution in [0.5, 0.6) is 11.5 Å². The van der Waals surface area contributed by atoms with Gasteiger partial charge in [-0.25, -0.2) is 17.8 Å². The van der Waals surface area contributed by atoms with Crippen molar-refractivity contribution in [2.45, 2.75) is 81.6 Å². The number of pyridine rings is 1. The van der Waals surface area contributed by atoms with Gasteiger partial charge in [-0.3, -0.25) is 19.1 Å². The maximum Gasteiger partial charge on any atom is 0.240 e. The molecule has 1 saturated heterocycles. The quantitative estimate of drug-likeness (QED) is 0.123. The van der Waals surface area contributed by atoms with Gasteiger partial charge < -0.3 is 24.5 Å². The fraction of sp³-hybridized carbons (Fsp3) is 0.459. The second kappa shape index (κ2) is 14.1. The van der Waals surface area contributed by atoms with Gasteiger partial charge in [0.15, 0.2) is 11.3 Å². The highest BCUT2D eigenvalue weighted by molar-refractivity contribution is 7.90. The van der Waals surface area contributed by atoms with Crippen molar-refractivity contribution in [1.29, 1.82) is 0 Å². The number of fused-ring (bicyclic) bond motifs is 4. The molecule has 0 spiro atoms. The van der Waals surface area contributed by atoms with Gasteiger partial charge in [0.1, 0.15) is 40.3 Å². The molecular formula is C37H41FN4O8S. The lowest BCUT2D eigenvalue weighted by atomic mass is 10.1. The molecule has 3 amide bonds. The molecular weight excluding hydrogens is 679 g/mol. The zero-order valence-corrected chi connectivity index (χ0v) is 29.1. The molecule has 1 aliphatic heterocycles. The summed E-state index contributed by atoms with van der Waals surface area (Å²) in [7, 11) is -1.96. The number of methoxy groups -OCH3 is 1. The molecule has 3 N–H and O–H groups in total. The number of para-hydroxylation sites is 1. The first kappa shape index (κ1) is 34.7. The monoisotopic (exact) mass is 720 g/mol. The number of furan rings is 1. The van der Waals surface area contributed by atoms with Crippen LogP contribution < -0.4 is 19.9 Å². The van der Waals surface area contributed by atoms with Gasteiger partial charge in [-0.1, -0.05) is 31.1 Å². The number of nitrogens with zero attached hydrogens (tertiary/aromatic N) is 2. The molecule has 0 bridgehead atoms. The van der Waals surface area contributed by atoms with E-state index in [-0.39, 0.29) is 48.4 Å². The Labute approximate surface area is 294 Å². The number of rotatable bonds is 15. The molecule has 0 radical (unpaired) electrons. The fourth-order valence-electron chi connectivity index (χ4n) is 6.93. The predicted octanol–water partition coefficient (Wildman–Crippen LogP) is 5.26. The minimum absolute atomic E-state index is 0.0794. The molecule has 2 aromatic carbocycles. The van der Waals surface area contributed by atoms with Crippen molar-refractivity contribution in [2.24, 2.45) is 17.6 Å². The van der Waals surface area contributed by atoms with Gasteiger partial charge in [0, 0.05) is 35.6 Å². The van der Waals surface area contributed by atoms with Crippen LogP contribution >= 0.6 is 0 Å². The van der Waals surface area contributed by atoms with Crippen LogP contribution in [0.3, 0.4) is 0 Å². The summed E-state index contributed by atoms with van der Waals surface area (Å²) in [5, 5.41) is 0.657. The first-order valence-electron chi connectivity index (χ1n) is 17.5. The molecule has 3 fully saturated rings. The van der Waals surface area contributed by atoms with E-state index in [2.05, 4.69) is 9.71 Å². The van der Waals surface area contributed by atoms with E-state index in [4.69, 9.17) is 19.6 Å². The van der Waals surface area contributed by atoms with Crippen LogP contribution in [-0.2, 0) is 24.4 Å². The van der Waals surface area contributed by atoms with E-state index in [1.54, 1.807) is 37.4 Å². The Morgan fingerprint density at radius 2 is 1.88 bits per heavy atom. The number of amides is 3. The van der Waals surface area contributed by atoms with Crippen molar-refractivity contribution in [1.82, 2.24) is 14.6 Å². The van der Waals surface area contributed by atoms with Crippen LogP contribution in [0.4, 0.5) is 4.39 Å². The molecule has 0 unspecified atom stereocenters. The zero-order valence-electron chi connectivity index (χ0n) is 28.3. The highest BCUT2D eigenvalue weighted by Gasteiger charge is 2.45. The number of halogens is 1. The third kappa shape index (κ3) is 7.37. The van der Waals surface area contributed by atoms with E-state index in [0.29, 0.717) is 58.9 Å². The normalized spacial score (nSPS) is 21.9. The number of hydrogen-bond donors (Lipinski definition) is 2. The second-order valence-corrected chi connectivity index (χ2v) is 15.7. The van der Waals surface area contributed by atoms with Crippen molar-refractivity contribution in [3.8, 4) is 11.5 Å². The number of sulfonamides is 1. The average molecular weight is 721 g/mol. The van der Waals surface area contributed by atoms with Gasteiger partial charge in [-0.15, -0.1) is 0 Å². The first-order valence-corrected chi connectivity index (χ1v) is 19.0. The number of hydrogen-bond acceptors (Lipinski definition) is 9. The molecule has 4 aromatic rings. The van der Waals surface area contributed by atoms with Gasteiger partial charge in [-0.2, -0.15) is 0 Å².